The van der Waals surface area contributed by atoms with Gasteiger partial charge in [-0.3, -0.25) is 4.90 Å². The average molecular weight is 404 g/mol. The third kappa shape index (κ3) is 4.10. The number of pyridine rings is 1. The molecular formula is C24H29N5O. The summed E-state index contributed by atoms with van der Waals surface area (Å²) < 4.78 is 5.48. The lowest BCUT2D eigenvalue weighted by molar-refractivity contribution is 0.147. The Labute approximate surface area is 177 Å². The summed E-state index contributed by atoms with van der Waals surface area (Å²) in [4.78, 5) is 14.3. The third-order valence-corrected chi connectivity index (χ3v) is 6.46. The van der Waals surface area contributed by atoms with Gasteiger partial charge in [0.05, 0.1) is 5.56 Å². The van der Waals surface area contributed by atoms with Gasteiger partial charge in [0.2, 0.25) is 5.82 Å². The number of rotatable bonds is 4. The maximum absolute atomic E-state index is 5.48. The summed E-state index contributed by atoms with van der Waals surface area (Å²) in [5.74, 6) is 2.14. The summed E-state index contributed by atoms with van der Waals surface area (Å²) in [6.07, 6.45) is 8.81. The standard InChI is InChI=1S/C24H29N5O/c1-18-7-9-19(10-8-18)23-26-24(30-27-23)20-11-12-22(25-17-20)29-15-13-28(14-16-29)21-5-3-2-4-6-21/h7-12,17,21H,2-6,13-16H2,1H3. The number of aromatic nitrogens is 3. The van der Waals surface area contributed by atoms with E-state index in [4.69, 9.17) is 4.52 Å². The molecule has 2 fully saturated rings. The zero-order chi connectivity index (χ0) is 20.3. The number of nitrogens with zero attached hydrogens (tertiary/aromatic N) is 5. The molecular weight excluding hydrogens is 374 g/mol. The Morgan fingerprint density at radius 3 is 2.30 bits per heavy atom. The first kappa shape index (κ1) is 19.2. The third-order valence-electron chi connectivity index (χ3n) is 6.46. The molecule has 0 atom stereocenters. The Hall–Kier alpha value is -2.73. The van der Waals surface area contributed by atoms with Gasteiger partial charge in [0, 0.05) is 44.0 Å². The van der Waals surface area contributed by atoms with Crippen LogP contribution in [0.1, 0.15) is 37.7 Å². The molecule has 0 spiro atoms. The first-order valence-corrected chi connectivity index (χ1v) is 11.1. The predicted molar refractivity (Wildman–Crippen MR) is 118 cm³/mol. The number of hydrogen-bond donors (Lipinski definition) is 0. The van der Waals surface area contributed by atoms with Gasteiger partial charge < -0.3 is 9.42 Å². The van der Waals surface area contributed by atoms with Crippen LogP contribution >= 0.6 is 0 Å². The Balaban J connectivity index is 1.22. The van der Waals surface area contributed by atoms with E-state index in [1.807, 2.05) is 24.4 Å². The summed E-state index contributed by atoms with van der Waals surface area (Å²) in [6, 6.07) is 13.0. The Bertz CT molecular complexity index is 952. The fourth-order valence-corrected chi connectivity index (χ4v) is 4.62. The van der Waals surface area contributed by atoms with Gasteiger partial charge >= 0.3 is 0 Å². The fraction of sp³-hybridized carbons (Fsp3) is 0.458. The first-order valence-electron chi connectivity index (χ1n) is 11.1. The van der Waals surface area contributed by atoms with Gasteiger partial charge in [-0.05, 0) is 31.9 Å². The largest absolute Gasteiger partial charge is 0.354 e. The van der Waals surface area contributed by atoms with Gasteiger partial charge in [0.15, 0.2) is 0 Å². The van der Waals surface area contributed by atoms with Crippen molar-refractivity contribution in [3.8, 4) is 22.8 Å². The summed E-state index contributed by atoms with van der Waals surface area (Å²) in [7, 11) is 0. The van der Waals surface area contributed by atoms with Crippen LogP contribution in [0, 0.1) is 6.92 Å². The van der Waals surface area contributed by atoms with Crippen molar-refractivity contribution in [1.29, 1.82) is 0 Å². The van der Waals surface area contributed by atoms with E-state index in [1.165, 1.54) is 37.7 Å². The number of aryl methyl sites for hydroxylation is 1. The molecule has 6 nitrogen and oxygen atoms in total. The van der Waals surface area contributed by atoms with Crippen molar-refractivity contribution in [2.24, 2.45) is 0 Å². The molecule has 2 aliphatic rings. The van der Waals surface area contributed by atoms with Gasteiger partial charge in [-0.2, -0.15) is 4.98 Å². The molecule has 30 heavy (non-hydrogen) atoms. The number of benzene rings is 1. The van der Waals surface area contributed by atoms with Crippen molar-refractivity contribution < 1.29 is 4.52 Å². The zero-order valence-electron chi connectivity index (χ0n) is 17.6. The predicted octanol–water partition coefficient (Wildman–Crippen LogP) is 4.56. The normalized spacial score (nSPS) is 18.6. The van der Waals surface area contributed by atoms with Crippen molar-refractivity contribution in [3.63, 3.8) is 0 Å². The van der Waals surface area contributed by atoms with Crippen molar-refractivity contribution in [3.05, 3.63) is 48.2 Å². The highest BCUT2D eigenvalue weighted by Crippen LogP contribution is 2.26. The molecule has 0 radical (unpaired) electrons. The van der Waals surface area contributed by atoms with Gasteiger partial charge in [-0.1, -0.05) is 54.2 Å². The second kappa shape index (κ2) is 8.56. The first-order chi connectivity index (χ1) is 14.8. The second-order valence-corrected chi connectivity index (χ2v) is 8.51. The summed E-state index contributed by atoms with van der Waals surface area (Å²) in [6.45, 7) is 6.42. The molecule has 5 rings (SSSR count). The maximum Gasteiger partial charge on any atom is 0.259 e. The number of hydrogen-bond acceptors (Lipinski definition) is 6. The minimum absolute atomic E-state index is 0.506. The molecule has 3 aromatic rings. The highest BCUT2D eigenvalue weighted by Gasteiger charge is 2.25. The number of anilines is 1. The molecule has 0 N–H and O–H groups in total. The molecule has 1 saturated heterocycles. The van der Waals surface area contributed by atoms with Crippen molar-refractivity contribution >= 4 is 5.82 Å². The Morgan fingerprint density at radius 1 is 0.867 bits per heavy atom. The zero-order valence-corrected chi connectivity index (χ0v) is 17.6. The lowest BCUT2D eigenvalue weighted by Crippen LogP contribution is -2.51. The molecule has 2 aromatic heterocycles. The molecule has 0 amide bonds. The van der Waals surface area contributed by atoms with Gasteiger partial charge in [-0.25, -0.2) is 4.98 Å². The van der Waals surface area contributed by atoms with Crippen molar-refractivity contribution in [2.75, 3.05) is 31.1 Å². The summed E-state index contributed by atoms with van der Waals surface area (Å²) in [5, 5.41) is 4.13. The van der Waals surface area contributed by atoms with Gasteiger partial charge in [0.25, 0.3) is 5.89 Å². The highest BCUT2D eigenvalue weighted by molar-refractivity contribution is 5.60. The van der Waals surface area contributed by atoms with E-state index in [9.17, 15) is 0 Å². The van der Waals surface area contributed by atoms with E-state index in [-0.39, 0.29) is 0 Å². The quantitative estimate of drug-likeness (QED) is 0.636. The van der Waals surface area contributed by atoms with E-state index in [0.29, 0.717) is 11.7 Å². The highest BCUT2D eigenvalue weighted by atomic mass is 16.5. The molecule has 6 heteroatoms. The van der Waals surface area contributed by atoms with Gasteiger partial charge in [0.1, 0.15) is 5.82 Å². The van der Waals surface area contributed by atoms with Crippen LogP contribution in [0.2, 0.25) is 0 Å². The van der Waals surface area contributed by atoms with E-state index in [2.05, 4.69) is 50.0 Å². The Morgan fingerprint density at radius 2 is 1.60 bits per heavy atom. The second-order valence-electron chi connectivity index (χ2n) is 8.51. The van der Waals surface area contributed by atoms with Crippen LogP contribution < -0.4 is 4.90 Å². The van der Waals surface area contributed by atoms with Crippen LogP contribution in [0.15, 0.2) is 47.1 Å². The van der Waals surface area contributed by atoms with Crippen LogP contribution in [0.4, 0.5) is 5.82 Å². The van der Waals surface area contributed by atoms with Crippen LogP contribution in [-0.4, -0.2) is 52.2 Å². The van der Waals surface area contributed by atoms with E-state index in [1.54, 1.807) is 0 Å². The molecule has 0 bridgehead atoms. The van der Waals surface area contributed by atoms with Crippen LogP contribution in [0.25, 0.3) is 22.8 Å². The maximum atomic E-state index is 5.48. The molecule has 1 aromatic carbocycles. The van der Waals surface area contributed by atoms with E-state index >= 15 is 0 Å². The van der Waals surface area contributed by atoms with Gasteiger partial charge in [-0.15, -0.1) is 0 Å². The average Bonchev–Trinajstić information content (AvgIpc) is 3.31. The lowest BCUT2D eigenvalue weighted by atomic mass is 9.94. The smallest absolute Gasteiger partial charge is 0.259 e. The fourth-order valence-electron chi connectivity index (χ4n) is 4.62. The minimum Gasteiger partial charge on any atom is -0.354 e. The van der Waals surface area contributed by atoms with Crippen LogP contribution in [-0.2, 0) is 0 Å². The van der Waals surface area contributed by atoms with Crippen molar-refractivity contribution in [1.82, 2.24) is 20.0 Å². The summed E-state index contributed by atoms with van der Waals surface area (Å²) in [5.41, 5.74) is 3.02. The van der Waals surface area contributed by atoms with Crippen molar-refractivity contribution in [2.45, 2.75) is 45.1 Å². The Kier molecular flexibility index (Phi) is 5.49. The molecule has 0 unspecified atom stereocenters. The lowest BCUT2D eigenvalue weighted by Gasteiger charge is -2.41. The topological polar surface area (TPSA) is 58.3 Å². The molecule has 1 aliphatic heterocycles. The summed E-state index contributed by atoms with van der Waals surface area (Å²) >= 11 is 0. The molecule has 156 valence electrons. The van der Waals surface area contributed by atoms with E-state index in [0.717, 1.165) is 49.2 Å². The van der Waals surface area contributed by atoms with Crippen LogP contribution in [0.3, 0.4) is 0 Å². The molecule has 3 heterocycles. The van der Waals surface area contributed by atoms with E-state index < -0.39 is 0 Å². The van der Waals surface area contributed by atoms with Crippen LogP contribution in [0.5, 0.6) is 0 Å². The SMILES string of the molecule is Cc1ccc(-c2noc(-c3ccc(N4CCN(C5CCCCC5)CC4)nc3)n2)cc1. The monoisotopic (exact) mass is 403 g/mol. The number of piperazine rings is 1. The molecule has 1 aliphatic carbocycles. The minimum atomic E-state index is 0.506. The molecule has 1 saturated carbocycles.